The Bertz CT molecular complexity index is 594. The van der Waals surface area contributed by atoms with E-state index in [9.17, 15) is 9.90 Å². The van der Waals surface area contributed by atoms with Gasteiger partial charge in [0, 0.05) is 27.6 Å². The monoisotopic (exact) mass is 447 g/mol. The van der Waals surface area contributed by atoms with Crippen LogP contribution in [-0.2, 0) is 0 Å². The van der Waals surface area contributed by atoms with Crippen LogP contribution in [0.1, 0.15) is 49.4 Å². The van der Waals surface area contributed by atoms with Crippen molar-refractivity contribution in [2.45, 2.75) is 51.2 Å². The van der Waals surface area contributed by atoms with E-state index < -0.39 is 0 Å². The summed E-state index contributed by atoms with van der Waals surface area (Å²) < 4.78 is 0.900. The van der Waals surface area contributed by atoms with Crippen molar-refractivity contribution in [1.82, 2.24) is 4.90 Å². The third-order valence-electron chi connectivity index (χ3n) is 5.34. The molecule has 3 nitrogen and oxygen atoms in total. The Morgan fingerprint density at radius 1 is 1.35 bits per heavy atom. The molecule has 1 saturated heterocycles. The maximum absolute atomic E-state index is 12.9. The van der Waals surface area contributed by atoms with Gasteiger partial charge in [-0.15, -0.1) is 0 Å². The van der Waals surface area contributed by atoms with E-state index in [1.165, 1.54) is 0 Å². The van der Waals surface area contributed by atoms with Crippen molar-refractivity contribution in [2.24, 2.45) is 11.8 Å². The zero-order valence-electron chi connectivity index (χ0n) is 13.3. The van der Waals surface area contributed by atoms with Crippen LogP contribution in [0.3, 0.4) is 0 Å². The van der Waals surface area contributed by atoms with Gasteiger partial charge in [-0.1, -0.05) is 18.5 Å². The Balaban J connectivity index is 1.80. The number of hydrogen-bond acceptors (Lipinski definition) is 2. The van der Waals surface area contributed by atoms with Crippen LogP contribution in [0.2, 0.25) is 5.02 Å². The van der Waals surface area contributed by atoms with Crippen LogP contribution in [0.4, 0.5) is 0 Å². The van der Waals surface area contributed by atoms with Gasteiger partial charge in [0.05, 0.1) is 11.1 Å². The van der Waals surface area contributed by atoms with Crippen molar-refractivity contribution >= 4 is 40.1 Å². The van der Waals surface area contributed by atoms with Crippen LogP contribution in [-0.4, -0.2) is 34.6 Å². The summed E-state index contributed by atoms with van der Waals surface area (Å²) >= 11 is 8.22. The third kappa shape index (κ3) is 3.69. The van der Waals surface area contributed by atoms with Gasteiger partial charge in [0.25, 0.3) is 5.91 Å². The van der Waals surface area contributed by atoms with Gasteiger partial charge in [-0.25, -0.2) is 0 Å². The first-order valence-corrected chi connectivity index (χ1v) is 9.87. The number of carbonyl (C=O) groups excluding carboxylic acids is 1. The second kappa shape index (κ2) is 7.28. The molecule has 2 fully saturated rings. The Labute approximate surface area is 156 Å². The summed E-state index contributed by atoms with van der Waals surface area (Å²) in [6, 6.07) is 5.63. The van der Waals surface area contributed by atoms with Crippen LogP contribution in [0.5, 0.6) is 0 Å². The predicted octanol–water partition coefficient (Wildman–Crippen LogP) is 4.35. The zero-order chi connectivity index (χ0) is 16.6. The highest BCUT2D eigenvalue weighted by Crippen LogP contribution is 2.37. The molecule has 23 heavy (non-hydrogen) atoms. The Morgan fingerprint density at radius 2 is 2.13 bits per heavy atom. The van der Waals surface area contributed by atoms with E-state index in [1.54, 1.807) is 6.07 Å². The number of amides is 1. The molecule has 0 bridgehead atoms. The molecular weight excluding hydrogens is 425 g/mol. The van der Waals surface area contributed by atoms with Gasteiger partial charge in [-0.3, -0.25) is 4.79 Å². The van der Waals surface area contributed by atoms with Gasteiger partial charge in [0.2, 0.25) is 0 Å². The molecule has 1 aromatic rings. The Hall–Kier alpha value is -0.330. The molecule has 1 aromatic carbocycles. The van der Waals surface area contributed by atoms with Gasteiger partial charge >= 0.3 is 0 Å². The second-order valence-corrected chi connectivity index (χ2v) is 8.56. The normalized spacial score (nSPS) is 31.4. The first kappa shape index (κ1) is 17.5. The standard InChI is InChI=1S/C18H23ClINO2/c1-11-4-7-17(22)13(9-11)16-3-2-8-21(16)18(23)12-5-6-14(19)15(20)10-12/h5-6,10-11,13,16-17,22H,2-4,7-9H2,1H3. The number of benzene rings is 1. The molecular formula is C18H23ClINO2. The average molecular weight is 448 g/mol. The SMILES string of the molecule is CC1CCC(O)C(C2CCCN2C(=O)c2ccc(Cl)c(I)c2)C1. The molecule has 0 radical (unpaired) electrons. The summed E-state index contributed by atoms with van der Waals surface area (Å²) in [7, 11) is 0. The number of halogens is 2. The van der Waals surface area contributed by atoms with Crippen molar-refractivity contribution < 1.29 is 9.90 Å². The minimum absolute atomic E-state index is 0.0764. The van der Waals surface area contributed by atoms with Crippen molar-refractivity contribution in [3.63, 3.8) is 0 Å². The average Bonchev–Trinajstić information content (AvgIpc) is 3.01. The first-order valence-electron chi connectivity index (χ1n) is 8.41. The first-order chi connectivity index (χ1) is 11.0. The van der Waals surface area contributed by atoms with E-state index in [-0.39, 0.29) is 24.0 Å². The summed E-state index contributed by atoms with van der Waals surface area (Å²) in [5.41, 5.74) is 0.698. The highest BCUT2D eigenvalue weighted by molar-refractivity contribution is 14.1. The molecule has 1 amide bonds. The highest BCUT2D eigenvalue weighted by Gasteiger charge is 2.40. The fraction of sp³-hybridized carbons (Fsp3) is 0.611. The van der Waals surface area contributed by atoms with E-state index in [0.717, 1.165) is 42.2 Å². The number of hydrogen-bond donors (Lipinski definition) is 1. The summed E-state index contributed by atoms with van der Waals surface area (Å²) in [6.07, 6.45) is 4.74. The molecule has 5 heteroatoms. The van der Waals surface area contributed by atoms with Gasteiger partial charge in [0.15, 0.2) is 0 Å². The molecule has 2 aliphatic rings. The number of carbonyl (C=O) groups is 1. The number of likely N-dealkylation sites (tertiary alicyclic amines) is 1. The van der Waals surface area contributed by atoms with Crippen LogP contribution in [0, 0.1) is 15.4 Å². The van der Waals surface area contributed by atoms with E-state index in [2.05, 4.69) is 29.5 Å². The number of rotatable bonds is 2. The molecule has 0 aromatic heterocycles. The van der Waals surface area contributed by atoms with Crippen molar-refractivity contribution in [3.8, 4) is 0 Å². The minimum Gasteiger partial charge on any atom is -0.393 e. The fourth-order valence-electron chi connectivity index (χ4n) is 4.11. The lowest BCUT2D eigenvalue weighted by molar-refractivity contribution is 0.00859. The van der Waals surface area contributed by atoms with E-state index >= 15 is 0 Å². The molecule has 1 aliphatic heterocycles. The summed E-state index contributed by atoms with van der Waals surface area (Å²) in [5.74, 6) is 0.932. The minimum atomic E-state index is -0.269. The lowest BCUT2D eigenvalue weighted by Gasteiger charge is -2.39. The fourth-order valence-corrected chi connectivity index (χ4v) is 4.74. The largest absolute Gasteiger partial charge is 0.393 e. The zero-order valence-corrected chi connectivity index (χ0v) is 16.3. The van der Waals surface area contributed by atoms with Crippen molar-refractivity contribution in [3.05, 3.63) is 32.4 Å². The molecule has 126 valence electrons. The van der Waals surface area contributed by atoms with Gasteiger partial charge in [-0.2, -0.15) is 0 Å². The van der Waals surface area contributed by atoms with Crippen LogP contribution in [0.25, 0.3) is 0 Å². The topological polar surface area (TPSA) is 40.5 Å². The summed E-state index contributed by atoms with van der Waals surface area (Å²) in [6.45, 7) is 3.04. The molecule has 1 heterocycles. The molecule has 1 aliphatic carbocycles. The Kier molecular flexibility index (Phi) is 5.53. The molecule has 4 atom stereocenters. The second-order valence-electron chi connectivity index (χ2n) is 6.99. The smallest absolute Gasteiger partial charge is 0.254 e. The van der Waals surface area contributed by atoms with Gasteiger partial charge in [-0.05, 0) is 78.8 Å². The lowest BCUT2D eigenvalue weighted by atomic mass is 9.76. The molecule has 1 saturated carbocycles. The molecule has 3 rings (SSSR count). The quantitative estimate of drug-likeness (QED) is 0.685. The lowest BCUT2D eigenvalue weighted by Crippen LogP contribution is -2.46. The highest BCUT2D eigenvalue weighted by atomic mass is 127. The number of nitrogens with zero attached hydrogens (tertiary/aromatic N) is 1. The molecule has 0 spiro atoms. The van der Waals surface area contributed by atoms with Crippen molar-refractivity contribution in [2.75, 3.05) is 6.54 Å². The van der Waals surface area contributed by atoms with Gasteiger partial charge in [0.1, 0.15) is 0 Å². The predicted molar refractivity (Wildman–Crippen MR) is 101 cm³/mol. The van der Waals surface area contributed by atoms with E-state index in [4.69, 9.17) is 11.6 Å². The summed E-state index contributed by atoms with van der Waals surface area (Å²) in [5, 5.41) is 11.1. The van der Waals surface area contributed by atoms with E-state index in [1.807, 2.05) is 17.0 Å². The van der Waals surface area contributed by atoms with Crippen LogP contribution in [0.15, 0.2) is 18.2 Å². The van der Waals surface area contributed by atoms with Crippen LogP contribution < -0.4 is 0 Å². The molecule has 4 unspecified atom stereocenters. The third-order valence-corrected chi connectivity index (χ3v) is 6.89. The van der Waals surface area contributed by atoms with E-state index in [0.29, 0.717) is 16.5 Å². The van der Waals surface area contributed by atoms with Gasteiger partial charge < -0.3 is 10.0 Å². The van der Waals surface area contributed by atoms with Crippen molar-refractivity contribution in [1.29, 1.82) is 0 Å². The maximum Gasteiger partial charge on any atom is 0.254 e. The number of aliphatic hydroxyl groups is 1. The Morgan fingerprint density at radius 3 is 2.87 bits per heavy atom. The number of aliphatic hydroxyl groups excluding tert-OH is 1. The maximum atomic E-state index is 12.9. The van der Waals surface area contributed by atoms with Crippen LogP contribution >= 0.6 is 34.2 Å². The summed E-state index contributed by atoms with van der Waals surface area (Å²) in [4.78, 5) is 14.9. The molecule has 1 N–H and O–H groups in total.